The number of sulfonamides is 1. The van der Waals surface area contributed by atoms with E-state index in [1.54, 1.807) is 0 Å². The van der Waals surface area contributed by atoms with Gasteiger partial charge in [0, 0.05) is 31.7 Å². The van der Waals surface area contributed by atoms with Gasteiger partial charge in [-0.25, -0.2) is 17.2 Å². The van der Waals surface area contributed by atoms with Gasteiger partial charge in [-0.2, -0.15) is 4.31 Å². The van der Waals surface area contributed by atoms with E-state index in [4.69, 9.17) is 0 Å². The minimum atomic E-state index is -4.26. The molecule has 4 rings (SSSR count). The van der Waals surface area contributed by atoms with Crippen molar-refractivity contribution in [2.75, 3.05) is 19.6 Å². The van der Waals surface area contributed by atoms with Crippen LogP contribution >= 0.6 is 0 Å². The Morgan fingerprint density at radius 1 is 0.926 bits per heavy atom. The molecule has 1 saturated heterocycles. The molecule has 0 amide bonds. The molecule has 2 aliphatic rings. The second kappa shape index (κ2) is 7.30. The molecule has 1 saturated carbocycles. The average Bonchev–Trinajstić information content (AvgIpc) is 3.47. The molecular weight excluding hydrogens is 370 g/mol. The molecule has 2 aromatic carbocycles. The van der Waals surface area contributed by atoms with Crippen LogP contribution in [-0.4, -0.2) is 49.3 Å². The highest BCUT2D eigenvalue weighted by atomic mass is 32.2. The van der Waals surface area contributed by atoms with E-state index in [0.717, 1.165) is 30.5 Å². The van der Waals surface area contributed by atoms with Crippen molar-refractivity contribution in [2.24, 2.45) is 0 Å². The van der Waals surface area contributed by atoms with E-state index < -0.39 is 26.6 Å². The van der Waals surface area contributed by atoms with Gasteiger partial charge in [0.15, 0.2) is 4.90 Å². The highest BCUT2D eigenvalue weighted by Gasteiger charge is 2.42. The first-order valence-electron chi connectivity index (χ1n) is 9.20. The van der Waals surface area contributed by atoms with Crippen molar-refractivity contribution in [1.82, 2.24) is 9.21 Å². The summed E-state index contributed by atoms with van der Waals surface area (Å²) < 4.78 is 56.0. The normalized spacial score (nSPS) is 22.1. The molecule has 1 heterocycles. The Balaban J connectivity index is 1.67. The number of rotatable bonds is 5. The highest BCUT2D eigenvalue weighted by molar-refractivity contribution is 7.89. The summed E-state index contributed by atoms with van der Waals surface area (Å²) >= 11 is 0. The van der Waals surface area contributed by atoms with Gasteiger partial charge >= 0.3 is 0 Å². The maximum Gasteiger partial charge on any atom is 0.249 e. The van der Waals surface area contributed by atoms with Crippen LogP contribution < -0.4 is 0 Å². The average molecular weight is 392 g/mol. The Labute approximate surface area is 158 Å². The molecule has 27 heavy (non-hydrogen) atoms. The van der Waals surface area contributed by atoms with E-state index >= 15 is 0 Å². The van der Waals surface area contributed by atoms with Crippen LogP contribution in [-0.2, 0) is 16.4 Å². The Hall–Kier alpha value is -1.83. The van der Waals surface area contributed by atoms with Gasteiger partial charge in [0.1, 0.15) is 11.6 Å². The summed E-state index contributed by atoms with van der Waals surface area (Å²) in [7, 11) is -4.26. The molecule has 0 aromatic heterocycles. The number of hydrogen-bond acceptors (Lipinski definition) is 3. The third-order valence-electron chi connectivity index (χ3n) is 5.32. The first-order valence-corrected chi connectivity index (χ1v) is 10.6. The smallest absolute Gasteiger partial charge is 0.249 e. The lowest BCUT2D eigenvalue weighted by Gasteiger charge is -2.41. The Morgan fingerprint density at radius 2 is 1.59 bits per heavy atom. The number of benzene rings is 2. The summed E-state index contributed by atoms with van der Waals surface area (Å²) in [5.74, 6) is -2.09. The van der Waals surface area contributed by atoms with Crippen LogP contribution in [0.3, 0.4) is 0 Å². The lowest BCUT2D eigenvalue weighted by atomic mass is 10.0. The fourth-order valence-electron chi connectivity index (χ4n) is 3.85. The van der Waals surface area contributed by atoms with Crippen LogP contribution in [0.2, 0.25) is 0 Å². The number of halogens is 2. The highest BCUT2D eigenvalue weighted by Crippen LogP contribution is 2.32. The SMILES string of the molecule is O=S(=O)(c1c(F)cccc1F)N1CCN(C2CC2)CC1Cc1ccccc1. The number of nitrogens with zero attached hydrogens (tertiary/aromatic N) is 2. The second-order valence-corrected chi connectivity index (χ2v) is 9.06. The van der Waals surface area contributed by atoms with Crippen molar-refractivity contribution < 1.29 is 17.2 Å². The zero-order valence-electron chi connectivity index (χ0n) is 14.9. The molecule has 0 N–H and O–H groups in total. The van der Waals surface area contributed by atoms with Crippen molar-refractivity contribution in [3.05, 3.63) is 65.7 Å². The quantitative estimate of drug-likeness (QED) is 0.785. The fourth-order valence-corrected chi connectivity index (χ4v) is 5.57. The minimum Gasteiger partial charge on any atom is -0.297 e. The summed E-state index contributed by atoms with van der Waals surface area (Å²) in [5, 5.41) is 0. The van der Waals surface area contributed by atoms with Gasteiger partial charge in [-0.05, 0) is 37.0 Å². The standard InChI is InChI=1S/C20H22F2N2O2S/c21-18-7-4-8-19(22)20(18)27(25,26)24-12-11-23(16-9-10-16)14-17(24)13-15-5-2-1-3-6-15/h1-8,16-17H,9-14H2. The van der Waals surface area contributed by atoms with Crippen LogP contribution in [0.5, 0.6) is 0 Å². The van der Waals surface area contributed by atoms with Gasteiger partial charge in [-0.15, -0.1) is 0 Å². The van der Waals surface area contributed by atoms with Gasteiger partial charge in [-0.1, -0.05) is 36.4 Å². The molecule has 4 nitrogen and oxygen atoms in total. The third kappa shape index (κ3) is 3.77. The minimum absolute atomic E-state index is 0.240. The zero-order valence-corrected chi connectivity index (χ0v) is 15.7. The Bertz CT molecular complexity index is 897. The van der Waals surface area contributed by atoms with Crippen LogP contribution in [0.15, 0.2) is 53.4 Å². The topological polar surface area (TPSA) is 40.6 Å². The number of hydrogen-bond donors (Lipinski definition) is 0. The maximum atomic E-state index is 14.2. The fraction of sp³-hybridized carbons (Fsp3) is 0.400. The van der Waals surface area contributed by atoms with Gasteiger partial charge in [-0.3, -0.25) is 4.90 Å². The van der Waals surface area contributed by atoms with Crippen molar-refractivity contribution in [3.8, 4) is 0 Å². The van der Waals surface area contributed by atoms with Crippen LogP contribution in [0.4, 0.5) is 8.78 Å². The molecule has 1 unspecified atom stereocenters. The van der Waals surface area contributed by atoms with E-state index in [-0.39, 0.29) is 12.6 Å². The lowest BCUT2D eigenvalue weighted by Crippen LogP contribution is -2.56. The largest absolute Gasteiger partial charge is 0.297 e. The summed E-state index contributed by atoms with van der Waals surface area (Å²) in [6, 6.07) is 12.9. The predicted octanol–water partition coefficient (Wildman–Crippen LogP) is 3.04. The second-order valence-electron chi connectivity index (χ2n) is 7.24. The van der Waals surface area contributed by atoms with Crippen molar-refractivity contribution in [2.45, 2.75) is 36.2 Å². The summed E-state index contributed by atoms with van der Waals surface area (Å²) in [5.41, 5.74) is 1.01. The first kappa shape index (κ1) is 18.5. The van der Waals surface area contributed by atoms with E-state index in [0.29, 0.717) is 25.6 Å². The van der Waals surface area contributed by atoms with Crippen LogP contribution in [0.25, 0.3) is 0 Å². The molecule has 1 atom stereocenters. The molecule has 7 heteroatoms. The maximum absolute atomic E-state index is 14.2. The zero-order chi connectivity index (χ0) is 19.0. The summed E-state index contributed by atoms with van der Waals surface area (Å²) in [6.07, 6.45) is 2.78. The van der Waals surface area contributed by atoms with Crippen LogP contribution in [0, 0.1) is 11.6 Å². The summed E-state index contributed by atoms with van der Waals surface area (Å²) in [4.78, 5) is 1.46. The Kier molecular flexibility index (Phi) is 5.01. The molecular formula is C20H22F2N2O2S. The third-order valence-corrected chi connectivity index (χ3v) is 7.33. The number of piperazine rings is 1. The predicted molar refractivity (Wildman–Crippen MR) is 98.8 cm³/mol. The van der Waals surface area contributed by atoms with Gasteiger partial charge in [0.05, 0.1) is 0 Å². The van der Waals surface area contributed by atoms with E-state index in [2.05, 4.69) is 4.90 Å². The first-order chi connectivity index (χ1) is 13.0. The van der Waals surface area contributed by atoms with E-state index in [1.807, 2.05) is 30.3 Å². The molecule has 2 aromatic rings. The lowest BCUT2D eigenvalue weighted by molar-refractivity contribution is 0.127. The molecule has 0 spiro atoms. The van der Waals surface area contributed by atoms with Gasteiger partial charge < -0.3 is 0 Å². The summed E-state index contributed by atoms with van der Waals surface area (Å²) in [6.45, 7) is 1.41. The van der Waals surface area contributed by atoms with E-state index in [1.165, 1.54) is 10.4 Å². The van der Waals surface area contributed by atoms with E-state index in [9.17, 15) is 17.2 Å². The van der Waals surface area contributed by atoms with Crippen molar-refractivity contribution >= 4 is 10.0 Å². The Morgan fingerprint density at radius 3 is 2.22 bits per heavy atom. The van der Waals surface area contributed by atoms with Gasteiger partial charge in [0.25, 0.3) is 0 Å². The molecule has 0 radical (unpaired) electrons. The van der Waals surface area contributed by atoms with Crippen molar-refractivity contribution in [1.29, 1.82) is 0 Å². The van der Waals surface area contributed by atoms with Gasteiger partial charge in [0.2, 0.25) is 10.0 Å². The molecule has 1 aliphatic carbocycles. The van der Waals surface area contributed by atoms with Crippen molar-refractivity contribution in [3.63, 3.8) is 0 Å². The molecule has 0 bridgehead atoms. The molecule has 2 fully saturated rings. The molecule has 1 aliphatic heterocycles. The van der Waals surface area contributed by atoms with Crippen LogP contribution in [0.1, 0.15) is 18.4 Å². The molecule has 144 valence electrons. The monoisotopic (exact) mass is 392 g/mol.